The molecule has 1 amide bonds. The molecule has 0 spiro atoms. The lowest BCUT2D eigenvalue weighted by atomic mass is 9.99. The van der Waals surface area contributed by atoms with Crippen LogP contribution in [0, 0.1) is 12.7 Å². The largest absolute Gasteiger partial charge is 0.480 e. The molecule has 0 fully saturated rings. The van der Waals surface area contributed by atoms with Crippen molar-refractivity contribution in [3.8, 4) is 11.4 Å². The zero-order valence-corrected chi connectivity index (χ0v) is 14.3. The average molecular weight is 349 g/mol. The Morgan fingerprint density at radius 2 is 2.12 bits per heavy atom. The number of aromatic nitrogens is 2. The zero-order chi connectivity index (χ0) is 18.6. The van der Waals surface area contributed by atoms with Crippen LogP contribution in [0.4, 0.5) is 4.39 Å². The van der Waals surface area contributed by atoms with Gasteiger partial charge in [-0.15, -0.1) is 0 Å². The highest BCUT2D eigenvalue weighted by Crippen LogP contribution is 2.19. The van der Waals surface area contributed by atoms with Crippen LogP contribution in [0.3, 0.4) is 0 Å². The van der Waals surface area contributed by atoms with E-state index in [0.717, 1.165) is 0 Å². The van der Waals surface area contributed by atoms with Crippen molar-refractivity contribution in [2.24, 2.45) is 0 Å². The second-order valence-corrected chi connectivity index (χ2v) is 6.01. The first-order valence-corrected chi connectivity index (χ1v) is 7.88. The number of hydrogen-bond acceptors (Lipinski definition) is 5. The molecule has 0 saturated carbocycles. The summed E-state index contributed by atoms with van der Waals surface area (Å²) in [5, 5.41) is 15.5. The van der Waals surface area contributed by atoms with Gasteiger partial charge in [0.05, 0.1) is 0 Å². The lowest BCUT2D eigenvalue weighted by Crippen LogP contribution is -2.51. The summed E-state index contributed by atoms with van der Waals surface area (Å²) in [6.07, 6.45) is 0.466. The number of aryl methyl sites for hydroxylation is 2. The lowest BCUT2D eigenvalue weighted by molar-refractivity contribution is -0.147. The number of amides is 1. The van der Waals surface area contributed by atoms with Crippen LogP contribution in [-0.4, -0.2) is 32.7 Å². The molecule has 0 aliphatic heterocycles. The van der Waals surface area contributed by atoms with E-state index in [0.29, 0.717) is 17.0 Å². The maximum Gasteiger partial charge on any atom is 0.329 e. The highest BCUT2D eigenvalue weighted by molar-refractivity contribution is 5.86. The van der Waals surface area contributed by atoms with Gasteiger partial charge in [0.2, 0.25) is 17.6 Å². The fourth-order valence-electron chi connectivity index (χ4n) is 2.14. The molecule has 0 aliphatic carbocycles. The van der Waals surface area contributed by atoms with Gasteiger partial charge in [0.25, 0.3) is 0 Å². The molecule has 0 unspecified atom stereocenters. The van der Waals surface area contributed by atoms with Crippen molar-refractivity contribution in [2.75, 3.05) is 0 Å². The van der Waals surface area contributed by atoms with Crippen molar-refractivity contribution < 1.29 is 23.6 Å². The molecular weight excluding hydrogens is 329 g/mol. The van der Waals surface area contributed by atoms with Crippen molar-refractivity contribution >= 4 is 11.9 Å². The smallest absolute Gasteiger partial charge is 0.329 e. The predicted molar refractivity (Wildman–Crippen MR) is 87.2 cm³/mol. The Morgan fingerprint density at radius 3 is 2.72 bits per heavy atom. The Hall–Kier alpha value is -2.77. The van der Waals surface area contributed by atoms with Crippen LogP contribution in [0.25, 0.3) is 11.4 Å². The Labute approximate surface area is 144 Å². The summed E-state index contributed by atoms with van der Waals surface area (Å²) in [6, 6.07) is 4.48. The number of hydrogen-bond donors (Lipinski definition) is 2. The maximum absolute atomic E-state index is 13.3. The number of carboxylic acids is 1. The van der Waals surface area contributed by atoms with E-state index in [9.17, 15) is 14.0 Å². The Morgan fingerprint density at radius 1 is 1.40 bits per heavy atom. The molecule has 1 atom stereocenters. The minimum atomic E-state index is -1.30. The van der Waals surface area contributed by atoms with Gasteiger partial charge in [0, 0.05) is 18.4 Å². The monoisotopic (exact) mass is 349 g/mol. The summed E-state index contributed by atoms with van der Waals surface area (Å²) >= 11 is 0. The average Bonchev–Trinajstić information content (AvgIpc) is 3.04. The van der Waals surface area contributed by atoms with E-state index in [1.54, 1.807) is 26.0 Å². The van der Waals surface area contributed by atoms with E-state index in [1.807, 2.05) is 0 Å². The van der Waals surface area contributed by atoms with Crippen molar-refractivity contribution in [3.05, 3.63) is 35.5 Å². The van der Waals surface area contributed by atoms with Gasteiger partial charge in [-0.25, -0.2) is 9.18 Å². The van der Waals surface area contributed by atoms with Crippen LogP contribution in [0.5, 0.6) is 0 Å². The second-order valence-electron chi connectivity index (χ2n) is 6.01. The molecule has 8 heteroatoms. The molecule has 0 bridgehead atoms. The topological polar surface area (TPSA) is 105 Å². The van der Waals surface area contributed by atoms with Crippen LogP contribution in [0.1, 0.15) is 38.1 Å². The minimum absolute atomic E-state index is 0.0208. The third kappa shape index (κ3) is 4.40. The first-order valence-electron chi connectivity index (χ1n) is 7.88. The number of rotatable bonds is 7. The first-order chi connectivity index (χ1) is 11.7. The molecule has 25 heavy (non-hydrogen) atoms. The van der Waals surface area contributed by atoms with Crippen molar-refractivity contribution in [2.45, 2.75) is 45.6 Å². The number of carbonyl (C=O) groups excluding carboxylic acids is 1. The van der Waals surface area contributed by atoms with Crippen LogP contribution in [0.15, 0.2) is 22.7 Å². The number of nitrogens with zero attached hydrogens (tertiary/aromatic N) is 2. The summed E-state index contributed by atoms with van der Waals surface area (Å²) in [5.41, 5.74) is -0.221. The number of aliphatic carboxylic acids is 1. The molecule has 0 radical (unpaired) electrons. The van der Waals surface area contributed by atoms with Crippen molar-refractivity contribution in [1.29, 1.82) is 0 Å². The molecule has 134 valence electrons. The highest BCUT2D eigenvalue weighted by atomic mass is 19.1. The van der Waals surface area contributed by atoms with Gasteiger partial charge in [-0.05, 0) is 44.0 Å². The van der Waals surface area contributed by atoms with Gasteiger partial charge in [0.15, 0.2) is 0 Å². The minimum Gasteiger partial charge on any atom is -0.480 e. The summed E-state index contributed by atoms with van der Waals surface area (Å²) < 4.78 is 18.4. The summed E-state index contributed by atoms with van der Waals surface area (Å²) in [6.45, 7) is 4.77. The van der Waals surface area contributed by atoms with Gasteiger partial charge in [-0.3, -0.25) is 4.79 Å². The van der Waals surface area contributed by atoms with E-state index in [4.69, 9.17) is 9.63 Å². The van der Waals surface area contributed by atoms with Crippen LogP contribution < -0.4 is 5.32 Å². The molecular formula is C17H20FN3O4. The number of nitrogens with one attached hydrogen (secondary N) is 1. The van der Waals surface area contributed by atoms with E-state index < -0.39 is 17.4 Å². The van der Waals surface area contributed by atoms with E-state index >= 15 is 0 Å². The van der Waals surface area contributed by atoms with Crippen molar-refractivity contribution in [1.82, 2.24) is 15.5 Å². The van der Waals surface area contributed by atoms with Gasteiger partial charge in [-0.2, -0.15) is 4.98 Å². The number of carboxylic acid groups (broad SMARTS) is 1. The Kier molecular flexibility index (Phi) is 5.51. The molecule has 0 aliphatic rings. The first kappa shape index (κ1) is 18.6. The summed E-state index contributed by atoms with van der Waals surface area (Å²) in [7, 11) is 0. The number of carbonyl (C=O) groups is 2. The SMILES string of the molecule is CC[C@](C)(NC(=O)CCc1nc(-c2ccc(F)c(C)c2)no1)C(=O)O. The quantitative estimate of drug-likeness (QED) is 0.795. The van der Waals surface area contributed by atoms with Gasteiger partial charge >= 0.3 is 5.97 Å². The molecule has 1 heterocycles. The lowest BCUT2D eigenvalue weighted by Gasteiger charge is -2.24. The molecule has 0 saturated heterocycles. The molecule has 1 aromatic carbocycles. The molecule has 2 aromatic rings. The molecule has 2 N–H and O–H groups in total. The zero-order valence-electron chi connectivity index (χ0n) is 14.3. The maximum atomic E-state index is 13.3. The summed E-state index contributed by atoms with van der Waals surface area (Å²) in [5.74, 6) is -1.26. The van der Waals surface area contributed by atoms with Crippen LogP contribution in [-0.2, 0) is 16.0 Å². The summed E-state index contributed by atoms with van der Waals surface area (Å²) in [4.78, 5) is 27.3. The number of benzene rings is 1. The molecule has 2 rings (SSSR count). The van der Waals surface area contributed by atoms with Gasteiger partial charge < -0.3 is 14.9 Å². The highest BCUT2D eigenvalue weighted by Gasteiger charge is 2.32. The van der Waals surface area contributed by atoms with Gasteiger partial charge in [0.1, 0.15) is 11.4 Å². The second kappa shape index (κ2) is 7.42. The van der Waals surface area contributed by atoms with Gasteiger partial charge in [-0.1, -0.05) is 12.1 Å². The fraction of sp³-hybridized carbons (Fsp3) is 0.412. The van der Waals surface area contributed by atoms with E-state index in [-0.39, 0.29) is 31.0 Å². The van der Waals surface area contributed by atoms with E-state index in [2.05, 4.69) is 15.5 Å². The Bertz CT molecular complexity index is 790. The standard InChI is InChI=1S/C17H20FN3O4/c1-4-17(3,16(23)24)20-13(22)7-8-14-19-15(21-25-14)11-5-6-12(18)10(2)9-11/h5-6,9H,4,7-8H2,1-3H3,(H,20,22)(H,23,24)/t17-/m0/s1. The predicted octanol–water partition coefficient (Wildman–Crippen LogP) is 2.49. The number of halogens is 1. The van der Waals surface area contributed by atoms with Crippen molar-refractivity contribution in [3.63, 3.8) is 0 Å². The molecule has 7 nitrogen and oxygen atoms in total. The van der Waals surface area contributed by atoms with E-state index in [1.165, 1.54) is 13.0 Å². The third-order valence-electron chi connectivity index (χ3n) is 4.04. The van der Waals surface area contributed by atoms with Crippen LogP contribution in [0.2, 0.25) is 0 Å². The normalized spacial score (nSPS) is 13.3. The Balaban J connectivity index is 1.98. The third-order valence-corrected chi connectivity index (χ3v) is 4.04. The fourth-order valence-corrected chi connectivity index (χ4v) is 2.14. The van der Waals surface area contributed by atoms with Crippen LogP contribution >= 0.6 is 0 Å². The molecule has 1 aromatic heterocycles.